The van der Waals surface area contributed by atoms with E-state index in [0.29, 0.717) is 10.8 Å². The van der Waals surface area contributed by atoms with Crippen LogP contribution in [-0.2, 0) is 0 Å². The van der Waals surface area contributed by atoms with E-state index in [1.165, 1.54) is 0 Å². The molecule has 1 amide bonds. The van der Waals surface area contributed by atoms with E-state index in [1.54, 1.807) is 19.2 Å². The van der Waals surface area contributed by atoms with Gasteiger partial charge in [0.1, 0.15) is 11.5 Å². The minimum Gasteiger partial charge on any atom is -0.373 e. The molecule has 2 heterocycles. The maximum Gasteiger partial charge on any atom is 0.271 e. The highest BCUT2D eigenvalue weighted by Crippen LogP contribution is 2.17. The van der Waals surface area contributed by atoms with Gasteiger partial charge in [-0.1, -0.05) is 11.6 Å². The lowest BCUT2D eigenvalue weighted by atomic mass is 10.1. The van der Waals surface area contributed by atoms with Crippen molar-refractivity contribution >= 4 is 23.3 Å². The number of nitrogens with zero attached hydrogens (tertiary/aromatic N) is 2. The monoisotopic (exact) mass is 282 g/mol. The van der Waals surface area contributed by atoms with Gasteiger partial charge in [0, 0.05) is 13.1 Å². The zero-order chi connectivity index (χ0) is 13.8. The van der Waals surface area contributed by atoms with Crippen molar-refractivity contribution in [3.8, 4) is 0 Å². The normalized spacial score (nSPS) is 17.2. The summed E-state index contributed by atoms with van der Waals surface area (Å²) in [6, 6.07) is 3.64. The SMILES string of the molecule is CNc1ccc(Cl)c(C(=O)NC2CCN(C)CC2)n1. The lowest BCUT2D eigenvalue weighted by Crippen LogP contribution is -2.43. The Morgan fingerprint density at radius 2 is 2.11 bits per heavy atom. The summed E-state index contributed by atoms with van der Waals surface area (Å²) in [6.07, 6.45) is 1.93. The Kier molecular flexibility index (Phi) is 4.61. The highest BCUT2D eigenvalue weighted by atomic mass is 35.5. The van der Waals surface area contributed by atoms with Crippen LogP contribution in [0, 0.1) is 0 Å². The number of pyridine rings is 1. The summed E-state index contributed by atoms with van der Waals surface area (Å²) in [5, 5.41) is 6.29. The van der Waals surface area contributed by atoms with E-state index in [1.807, 2.05) is 0 Å². The number of aromatic nitrogens is 1. The average Bonchev–Trinajstić information content (AvgIpc) is 2.42. The van der Waals surface area contributed by atoms with E-state index in [4.69, 9.17) is 11.6 Å². The summed E-state index contributed by atoms with van der Waals surface area (Å²) in [5.41, 5.74) is 0.285. The fraction of sp³-hybridized carbons (Fsp3) is 0.538. The van der Waals surface area contributed by atoms with Crippen LogP contribution in [0.3, 0.4) is 0 Å². The molecule has 0 spiro atoms. The molecule has 19 heavy (non-hydrogen) atoms. The first kappa shape index (κ1) is 14.1. The van der Waals surface area contributed by atoms with Crippen molar-refractivity contribution in [2.75, 3.05) is 32.5 Å². The lowest BCUT2D eigenvalue weighted by molar-refractivity contribution is 0.0912. The second kappa shape index (κ2) is 6.21. The zero-order valence-corrected chi connectivity index (χ0v) is 12.0. The summed E-state index contributed by atoms with van der Waals surface area (Å²) in [6.45, 7) is 2.01. The number of hydrogen-bond acceptors (Lipinski definition) is 4. The van der Waals surface area contributed by atoms with Gasteiger partial charge in [-0.05, 0) is 45.1 Å². The van der Waals surface area contributed by atoms with Gasteiger partial charge in [0.05, 0.1) is 5.02 Å². The molecule has 2 rings (SSSR count). The number of carbonyl (C=O) groups excluding carboxylic acids is 1. The number of piperidine rings is 1. The summed E-state index contributed by atoms with van der Waals surface area (Å²) >= 11 is 6.03. The van der Waals surface area contributed by atoms with Gasteiger partial charge < -0.3 is 15.5 Å². The van der Waals surface area contributed by atoms with E-state index in [-0.39, 0.29) is 17.6 Å². The van der Waals surface area contributed by atoms with Crippen molar-refractivity contribution < 1.29 is 4.79 Å². The van der Waals surface area contributed by atoms with E-state index in [2.05, 4.69) is 27.6 Å². The first-order valence-electron chi connectivity index (χ1n) is 6.44. The summed E-state index contributed by atoms with van der Waals surface area (Å²) in [7, 11) is 3.85. The van der Waals surface area contributed by atoms with Crippen LogP contribution in [0.2, 0.25) is 5.02 Å². The number of rotatable bonds is 3. The molecule has 2 N–H and O–H groups in total. The molecular weight excluding hydrogens is 264 g/mol. The van der Waals surface area contributed by atoms with Crippen LogP contribution in [0.5, 0.6) is 0 Å². The standard InChI is InChI=1S/C13H19ClN4O/c1-15-11-4-3-10(14)12(17-11)13(19)16-9-5-7-18(2)8-6-9/h3-4,9H,5-8H2,1-2H3,(H,15,17)(H,16,19). The minimum absolute atomic E-state index is 0.198. The molecule has 0 aromatic carbocycles. The molecule has 1 saturated heterocycles. The van der Waals surface area contributed by atoms with Crippen LogP contribution in [0.1, 0.15) is 23.3 Å². The lowest BCUT2D eigenvalue weighted by Gasteiger charge is -2.29. The molecule has 1 aromatic rings. The smallest absolute Gasteiger partial charge is 0.271 e. The maximum absolute atomic E-state index is 12.2. The van der Waals surface area contributed by atoms with Crippen molar-refractivity contribution in [2.45, 2.75) is 18.9 Å². The highest BCUT2D eigenvalue weighted by Gasteiger charge is 2.21. The fourth-order valence-corrected chi connectivity index (χ4v) is 2.34. The predicted octanol–water partition coefficient (Wildman–Crippen LogP) is 1.60. The van der Waals surface area contributed by atoms with Crippen molar-refractivity contribution in [1.29, 1.82) is 0 Å². The number of amides is 1. The van der Waals surface area contributed by atoms with Gasteiger partial charge in [-0.25, -0.2) is 4.98 Å². The molecule has 0 unspecified atom stereocenters. The molecule has 0 atom stereocenters. The van der Waals surface area contributed by atoms with Gasteiger partial charge in [-0.2, -0.15) is 0 Å². The molecule has 104 valence electrons. The van der Waals surface area contributed by atoms with Gasteiger partial charge in [0.2, 0.25) is 0 Å². The zero-order valence-electron chi connectivity index (χ0n) is 11.2. The van der Waals surface area contributed by atoms with Gasteiger partial charge in [-0.15, -0.1) is 0 Å². The van der Waals surface area contributed by atoms with E-state index < -0.39 is 0 Å². The molecule has 1 aromatic heterocycles. The maximum atomic E-state index is 12.2. The number of carbonyl (C=O) groups is 1. The molecule has 1 aliphatic rings. The van der Waals surface area contributed by atoms with Crippen molar-refractivity contribution in [3.05, 3.63) is 22.8 Å². The van der Waals surface area contributed by atoms with Crippen LogP contribution < -0.4 is 10.6 Å². The van der Waals surface area contributed by atoms with Crippen LogP contribution in [0.15, 0.2) is 12.1 Å². The second-order valence-corrected chi connectivity index (χ2v) is 5.24. The first-order valence-corrected chi connectivity index (χ1v) is 6.81. The number of nitrogens with one attached hydrogen (secondary N) is 2. The van der Waals surface area contributed by atoms with Crippen molar-refractivity contribution in [1.82, 2.24) is 15.2 Å². The van der Waals surface area contributed by atoms with Gasteiger partial charge >= 0.3 is 0 Å². The molecule has 0 saturated carbocycles. The van der Waals surface area contributed by atoms with Crippen LogP contribution >= 0.6 is 11.6 Å². The average molecular weight is 283 g/mol. The number of anilines is 1. The highest BCUT2D eigenvalue weighted by molar-refractivity contribution is 6.33. The van der Waals surface area contributed by atoms with Gasteiger partial charge in [-0.3, -0.25) is 4.79 Å². The molecule has 0 bridgehead atoms. The van der Waals surface area contributed by atoms with Crippen molar-refractivity contribution in [3.63, 3.8) is 0 Å². The van der Waals surface area contributed by atoms with Gasteiger partial charge in [0.25, 0.3) is 5.91 Å². The Balaban J connectivity index is 2.03. The van der Waals surface area contributed by atoms with E-state index in [9.17, 15) is 4.79 Å². The van der Waals surface area contributed by atoms with Crippen LogP contribution in [0.4, 0.5) is 5.82 Å². The summed E-state index contributed by atoms with van der Waals surface area (Å²) in [5.74, 6) is 0.439. The molecule has 6 heteroatoms. The number of likely N-dealkylation sites (tertiary alicyclic amines) is 1. The third kappa shape index (κ3) is 3.58. The largest absolute Gasteiger partial charge is 0.373 e. The molecule has 5 nitrogen and oxygen atoms in total. The molecule has 0 radical (unpaired) electrons. The Hall–Kier alpha value is -1.33. The third-order valence-electron chi connectivity index (χ3n) is 3.37. The van der Waals surface area contributed by atoms with Gasteiger partial charge in [0.15, 0.2) is 0 Å². The Morgan fingerprint density at radius 1 is 1.42 bits per heavy atom. The van der Waals surface area contributed by atoms with Crippen LogP contribution in [0.25, 0.3) is 0 Å². The third-order valence-corrected chi connectivity index (χ3v) is 3.68. The Labute approximate surface area is 118 Å². The molecular formula is C13H19ClN4O. The summed E-state index contributed by atoms with van der Waals surface area (Å²) in [4.78, 5) is 18.6. The van der Waals surface area contributed by atoms with Crippen molar-refractivity contribution in [2.24, 2.45) is 0 Å². The second-order valence-electron chi connectivity index (χ2n) is 4.83. The van der Waals surface area contributed by atoms with Crippen LogP contribution in [-0.4, -0.2) is 49.0 Å². The minimum atomic E-state index is -0.198. The number of hydrogen-bond donors (Lipinski definition) is 2. The molecule has 1 aliphatic heterocycles. The quantitative estimate of drug-likeness (QED) is 0.884. The molecule has 0 aliphatic carbocycles. The Bertz CT molecular complexity index is 458. The Morgan fingerprint density at radius 3 is 2.74 bits per heavy atom. The predicted molar refractivity (Wildman–Crippen MR) is 76.8 cm³/mol. The summed E-state index contributed by atoms with van der Waals surface area (Å²) < 4.78 is 0. The topological polar surface area (TPSA) is 57.3 Å². The molecule has 1 fully saturated rings. The first-order chi connectivity index (χ1) is 9.10. The van der Waals surface area contributed by atoms with E-state index >= 15 is 0 Å². The number of halogens is 1. The van der Waals surface area contributed by atoms with E-state index in [0.717, 1.165) is 25.9 Å². The fourth-order valence-electron chi connectivity index (χ4n) is 2.15.